The lowest BCUT2D eigenvalue weighted by molar-refractivity contribution is 0.0517. The van der Waals surface area contributed by atoms with Crippen LogP contribution in [0.25, 0.3) is 22.3 Å². The maximum atomic E-state index is 12.8. The number of nitrogens with one attached hydrogen (secondary N) is 1. The maximum Gasteiger partial charge on any atom is 0.338 e. The minimum absolute atomic E-state index is 0.172. The number of carboxylic acids is 1. The summed E-state index contributed by atoms with van der Waals surface area (Å²) in [6, 6.07) is 36.0. The van der Waals surface area contributed by atoms with Gasteiger partial charge >= 0.3 is 17.9 Å². The monoisotopic (exact) mass is 700 g/mol. The Bertz CT molecular complexity index is 1980. The van der Waals surface area contributed by atoms with E-state index in [-0.39, 0.29) is 23.4 Å². The molecule has 266 valence electrons. The number of hydrogen-bond donors (Lipinski definition) is 2. The molecule has 1 fully saturated rings. The Kier molecular flexibility index (Phi) is 12.9. The third kappa shape index (κ3) is 9.92. The molecule has 0 radical (unpaired) electrons. The third-order valence-electron chi connectivity index (χ3n) is 8.19. The molecule has 10 heteroatoms. The zero-order chi connectivity index (χ0) is 36.9. The van der Waals surface area contributed by atoms with Crippen molar-refractivity contribution in [2.75, 3.05) is 49.7 Å². The zero-order valence-corrected chi connectivity index (χ0v) is 29.0. The summed E-state index contributed by atoms with van der Waals surface area (Å²) in [7, 11) is 0. The minimum atomic E-state index is -0.963. The van der Waals surface area contributed by atoms with Crippen molar-refractivity contribution in [1.29, 1.82) is 0 Å². The normalized spacial score (nSPS) is 12.2. The van der Waals surface area contributed by atoms with E-state index >= 15 is 0 Å². The fourth-order valence-corrected chi connectivity index (χ4v) is 5.48. The highest BCUT2D eigenvalue weighted by Crippen LogP contribution is 2.24. The van der Waals surface area contributed by atoms with E-state index in [0.29, 0.717) is 29.9 Å². The van der Waals surface area contributed by atoms with E-state index in [2.05, 4.69) is 10.2 Å². The van der Waals surface area contributed by atoms with Crippen LogP contribution in [0, 0.1) is 0 Å². The van der Waals surface area contributed by atoms with E-state index < -0.39 is 5.97 Å². The van der Waals surface area contributed by atoms with Crippen molar-refractivity contribution in [2.45, 2.75) is 13.8 Å². The van der Waals surface area contributed by atoms with Crippen LogP contribution < -0.4 is 10.2 Å². The first-order valence-electron chi connectivity index (χ1n) is 17.0. The molecule has 0 atom stereocenters. The van der Waals surface area contributed by atoms with Gasteiger partial charge in [-0.3, -0.25) is 4.79 Å². The van der Waals surface area contributed by atoms with Gasteiger partial charge in [-0.1, -0.05) is 48.5 Å². The van der Waals surface area contributed by atoms with Crippen molar-refractivity contribution in [3.63, 3.8) is 0 Å². The van der Waals surface area contributed by atoms with Crippen LogP contribution >= 0.6 is 0 Å². The highest BCUT2D eigenvalue weighted by Gasteiger charge is 2.13. The molecule has 0 bridgehead atoms. The van der Waals surface area contributed by atoms with Crippen LogP contribution in [0.15, 0.2) is 121 Å². The molecule has 0 aromatic heterocycles. The number of benzene rings is 5. The molecule has 52 heavy (non-hydrogen) atoms. The van der Waals surface area contributed by atoms with Crippen LogP contribution in [0.5, 0.6) is 0 Å². The van der Waals surface area contributed by atoms with Gasteiger partial charge in [-0.15, -0.1) is 0 Å². The fraction of sp³-hybridized carbons (Fsp3) is 0.190. The lowest BCUT2D eigenvalue weighted by atomic mass is 10.0. The third-order valence-corrected chi connectivity index (χ3v) is 8.19. The van der Waals surface area contributed by atoms with Gasteiger partial charge in [0.25, 0.3) is 5.91 Å². The molecule has 0 aliphatic carbocycles. The van der Waals surface area contributed by atoms with Gasteiger partial charge in [0.2, 0.25) is 0 Å². The van der Waals surface area contributed by atoms with Crippen LogP contribution in [0.3, 0.4) is 0 Å². The molecule has 1 aliphatic heterocycles. The van der Waals surface area contributed by atoms with Crippen molar-refractivity contribution < 1.29 is 38.5 Å². The van der Waals surface area contributed by atoms with Crippen LogP contribution in [-0.2, 0) is 14.2 Å². The quantitative estimate of drug-likeness (QED) is 0.140. The highest BCUT2D eigenvalue weighted by molar-refractivity contribution is 6.05. The summed E-state index contributed by atoms with van der Waals surface area (Å²) in [4.78, 5) is 49.4. The largest absolute Gasteiger partial charge is 0.478 e. The van der Waals surface area contributed by atoms with Crippen molar-refractivity contribution in [3.8, 4) is 22.3 Å². The Morgan fingerprint density at radius 3 is 1.58 bits per heavy atom. The summed E-state index contributed by atoms with van der Waals surface area (Å²) < 4.78 is 15.3. The van der Waals surface area contributed by atoms with Crippen molar-refractivity contribution in [1.82, 2.24) is 0 Å². The standard InChI is InChI=1S/C26H26N2O4.C16H14O4/c1-2-32-26(30)20-8-6-19(7-9-20)21-4-3-5-22(18-21)25(29)27-23-10-12-24(13-11-23)28-14-16-31-17-15-28;1-2-20-16(19)12-8-6-11(7-9-12)13-4-3-5-14(10-13)15(17)18/h3-13,18H,2,14-17H2,1H3,(H,27,29);3-10H,2H2,1H3,(H,17,18). The molecule has 1 amide bonds. The number of esters is 2. The van der Waals surface area contributed by atoms with Crippen molar-refractivity contribution in [2.24, 2.45) is 0 Å². The van der Waals surface area contributed by atoms with Crippen LogP contribution in [0.1, 0.15) is 55.3 Å². The zero-order valence-electron chi connectivity index (χ0n) is 29.0. The van der Waals surface area contributed by atoms with E-state index in [1.54, 1.807) is 74.5 Å². The lowest BCUT2D eigenvalue weighted by Crippen LogP contribution is -2.36. The summed E-state index contributed by atoms with van der Waals surface area (Å²) >= 11 is 0. The number of carbonyl (C=O) groups is 4. The molecule has 1 aliphatic rings. The number of ether oxygens (including phenoxy) is 3. The summed E-state index contributed by atoms with van der Waals surface area (Å²) in [5, 5.41) is 11.9. The fourth-order valence-electron chi connectivity index (χ4n) is 5.48. The van der Waals surface area contributed by atoms with E-state index in [1.165, 1.54) is 0 Å². The van der Waals surface area contributed by atoms with E-state index in [0.717, 1.165) is 59.9 Å². The first-order valence-corrected chi connectivity index (χ1v) is 17.0. The summed E-state index contributed by atoms with van der Waals surface area (Å²) in [5.41, 5.74) is 7.11. The average Bonchev–Trinajstić information content (AvgIpc) is 3.19. The predicted octanol–water partition coefficient (Wildman–Crippen LogP) is 7.85. The molecule has 6 rings (SSSR count). The molecule has 1 saturated heterocycles. The Morgan fingerprint density at radius 2 is 1.10 bits per heavy atom. The second-order valence-electron chi connectivity index (χ2n) is 11.7. The molecule has 10 nitrogen and oxygen atoms in total. The number of carbonyl (C=O) groups excluding carboxylic acids is 3. The van der Waals surface area contributed by atoms with Crippen molar-refractivity contribution >= 4 is 35.2 Å². The van der Waals surface area contributed by atoms with E-state index in [9.17, 15) is 19.2 Å². The SMILES string of the molecule is CCOC(=O)c1ccc(-c2cccc(C(=O)Nc3ccc(N4CCOCC4)cc3)c2)cc1.CCOC(=O)c1ccc(-c2cccc(C(=O)O)c2)cc1. The van der Waals surface area contributed by atoms with Crippen LogP contribution in [0.2, 0.25) is 0 Å². The highest BCUT2D eigenvalue weighted by atomic mass is 16.5. The number of carboxylic acid groups (broad SMARTS) is 1. The topological polar surface area (TPSA) is 131 Å². The van der Waals surface area contributed by atoms with Gasteiger partial charge in [0, 0.05) is 30.0 Å². The molecule has 5 aromatic rings. The number of hydrogen-bond acceptors (Lipinski definition) is 8. The first-order chi connectivity index (χ1) is 25.2. The van der Waals surface area contributed by atoms with Crippen molar-refractivity contribution in [3.05, 3.63) is 144 Å². The van der Waals surface area contributed by atoms with Gasteiger partial charge in [-0.25, -0.2) is 14.4 Å². The van der Waals surface area contributed by atoms with Gasteiger partial charge < -0.3 is 29.5 Å². The van der Waals surface area contributed by atoms with E-state index in [4.69, 9.17) is 19.3 Å². The predicted molar refractivity (Wildman–Crippen MR) is 200 cm³/mol. The summed E-state index contributed by atoms with van der Waals surface area (Å²) in [5.74, 6) is -1.84. The number of morpholine rings is 1. The summed E-state index contributed by atoms with van der Waals surface area (Å²) in [6.45, 7) is 7.43. The molecule has 0 unspecified atom stereocenters. The number of amides is 1. The maximum absolute atomic E-state index is 12.8. The van der Waals surface area contributed by atoms with Gasteiger partial charge in [-0.2, -0.15) is 0 Å². The average molecular weight is 701 g/mol. The Hall–Kier alpha value is -6.26. The van der Waals surface area contributed by atoms with Gasteiger partial charge in [0.05, 0.1) is 43.1 Å². The molecule has 2 N–H and O–H groups in total. The lowest BCUT2D eigenvalue weighted by Gasteiger charge is -2.28. The Balaban J connectivity index is 0.000000225. The van der Waals surface area contributed by atoms with Gasteiger partial charge in [0.15, 0.2) is 0 Å². The minimum Gasteiger partial charge on any atom is -0.478 e. The van der Waals surface area contributed by atoms with Crippen LogP contribution in [-0.4, -0.2) is 68.4 Å². The Labute approximate surface area is 302 Å². The van der Waals surface area contributed by atoms with Gasteiger partial charge in [-0.05, 0) is 109 Å². The number of nitrogens with zero attached hydrogens (tertiary/aromatic N) is 1. The molecule has 0 spiro atoms. The molecule has 0 saturated carbocycles. The number of anilines is 2. The second-order valence-corrected chi connectivity index (χ2v) is 11.7. The first kappa shape index (κ1) is 37.0. The van der Waals surface area contributed by atoms with Gasteiger partial charge in [0.1, 0.15) is 0 Å². The number of aromatic carboxylic acids is 1. The summed E-state index contributed by atoms with van der Waals surface area (Å²) in [6.07, 6.45) is 0. The second kappa shape index (κ2) is 18.1. The van der Waals surface area contributed by atoms with Crippen LogP contribution in [0.4, 0.5) is 11.4 Å². The van der Waals surface area contributed by atoms with E-state index in [1.807, 2.05) is 60.7 Å². The molecule has 1 heterocycles. The molecule has 5 aromatic carbocycles. The molecular formula is C42H40N2O8. The number of rotatable bonds is 10. The Morgan fingerprint density at radius 1 is 0.615 bits per heavy atom. The smallest absolute Gasteiger partial charge is 0.338 e. The molecular weight excluding hydrogens is 660 g/mol.